The number of carboxylic acids is 1. The molecule has 1 rings (SSSR count). The summed E-state index contributed by atoms with van der Waals surface area (Å²) in [5.41, 5.74) is -0.728. The lowest BCUT2D eigenvalue weighted by molar-refractivity contribution is -0.140. The van der Waals surface area contributed by atoms with E-state index in [1.807, 2.05) is 0 Å². The lowest BCUT2D eigenvalue weighted by Gasteiger charge is -2.22. The minimum atomic E-state index is -1.27. The van der Waals surface area contributed by atoms with Gasteiger partial charge in [0.25, 0.3) is 0 Å². The van der Waals surface area contributed by atoms with Crippen LogP contribution in [-0.2, 0) is 9.53 Å². The smallest absolute Gasteiger partial charge is 0.408 e. The van der Waals surface area contributed by atoms with Crippen LogP contribution in [0.4, 0.5) is 4.79 Å². The van der Waals surface area contributed by atoms with E-state index in [2.05, 4.69) is 5.32 Å². The molecule has 1 aromatic carbocycles. The molecule has 8 heteroatoms. The van der Waals surface area contributed by atoms with Crippen molar-refractivity contribution in [1.82, 2.24) is 5.32 Å². The van der Waals surface area contributed by atoms with Gasteiger partial charge < -0.3 is 19.9 Å². The molecule has 0 aliphatic heterocycles. The Morgan fingerprint density at radius 2 is 1.77 bits per heavy atom. The van der Waals surface area contributed by atoms with Gasteiger partial charge in [-0.2, -0.15) is 0 Å². The summed E-state index contributed by atoms with van der Waals surface area (Å²) >= 11 is 11.6. The first-order valence-electron chi connectivity index (χ1n) is 6.38. The molecule has 0 radical (unpaired) electrons. The second-order valence-corrected chi connectivity index (χ2v) is 6.33. The first-order chi connectivity index (χ1) is 10.1. The molecule has 1 aromatic rings. The number of carbonyl (C=O) groups is 2. The third-order valence-corrected chi connectivity index (χ3v) is 2.68. The minimum Gasteiger partial charge on any atom is -0.491 e. The molecule has 0 aliphatic carbocycles. The Hall–Kier alpha value is -1.66. The molecule has 0 bridgehead atoms. The molecule has 0 spiro atoms. The molecule has 6 nitrogen and oxygen atoms in total. The van der Waals surface area contributed by atoms with Crippen LogP contribution in [-0.4, -0.2) is 35.4 Å². The first kappa shape index (κ1) is 18.4. The average Bonchev–Trinajstić information content (AvgIpc) is 2.30. The van der Waals surface area contributed by atoms with Crippen LogP contribution in [0, 0.1) is 0 Å². The summed E-state index contributed by atoms with van der Waals surface area (Å²) in [6.07, 6.45) is -0.840. The van der Waals surface area contributed by atoms with Gasteiger partial charge in [0.15, 0.2) is 6.04 Å². The molecule has 0 fully saturated rings. The molecule has 2 N–H and O–H groups in total. The summed E-state index contributed by atoms with van der Waals surface area (Å²) in [4.78, 5) is 22.8. The average molecular weight is 350 g/mol. The Labute approximate surface area is 138 Å². The number of ether oxygens (including phenoxy) is 2. The molecule has 1 amide bonds. The predicted molar refractivity (Wildman–Crippen MR) is 82.8 cm³/mol. The zero-order chi connectivity index (χ0) is 16.9. The monoisotopic (exact) mass is 349 g/mol. The Morgan fingerprint density at radius 3 is 2.23 bits per heavy atom. The van der Waals surface area contributed by atoms with Crippen LogP contribution in [0.1, 0.15) is 20.8 Å². The molecular formula is C14H17Cl2NO5. The van der Waals surface area contributed by atoms with Gasteiger partial charge >= 0.3 is 12.1 Å². The summed E-state index contributed by atoms with van der Waals surface area (Å²) in [5.74, 6) is -0.950. The number of amides is 1. The van der Waals surface area contributed by atoms with Gasteiger partial charge in [-0.25, -0.2) is 9.59 Å². The number of alkyl carbamates (subject to hydrolysis) is 1. The third kappa shape index (κ3) is 6.87. The van der Waals surface area contributed by atoms with Gasteiger partial charge in [-0.15, -0.1) is 0 Å². The van der Waals surface area contributed by atoms with Crippen LogP contribution in [0.3, 0.4) is 0 Å². The van der Waals surface area contributed by atoms with E-state index < -0.39 is 23.7 Å². The van der Waals surface area contributed by atoms with Crippen molar-refractivity contribution in [3.05, 3.63) is 28.2 Å². The number of benzene rings is 1. The van der Waals surface area contributed by atoms with Crippen LogP contribution in [0.25, 0.3) is 0 Å². The number of rotatable bonds is 5. The quantitative estimate of drug-likeness (QED) is 0.851. The molecule has 122 valence electrons. The second-order valence-electron chi connectivity index (χ2n) is 5.45. The topological polar surface area (TPSA) is 84.9 Å². The fraction of sp³-hybridized carbons (Fsp3) is 0.429. The maximum atomic E-state index is 11.6. The van der Waals surface area contributed by atoms with Crippen molar-refractivity contribution in [1.29, 1.82) is 0 Å². The molecule has 0 aromatic heterocycles. The normalized spacial score (nSPS) is 12.4. The minimum absolute atomic E-state index is 0.300. The van der Waals surface area contributed by atoms with Crippen LogP contribution >= 0.6 is 23.2 Å². The van der Waals surface area contributed by atoms with Crippen LogP contribution in [0.15, 0.2) is 18.2 Å². The summed E-state index contributed by atoms with van der Waals surface area (Å²) in [6, 6.07) is 3.22. The van der Waals surface area contributed by atoms with Gasteiger partial charge in [0.1, 0.15) is 18.0 Å². The Balaban J connectivity index is 2.65. The van der Waals surface area contributed by atoms with E-state index in [1.165, 1.54) is 18.2 Å². The molecule has 0 saturated heterocycles. The van der Waals surface area contributed by atoms with Crippen LogP contribution in [0.5, 0.6) is 5.75 Å². The van der Waals surface area contributed by atoms with Crippen molar-refractivity contribution >= 4 is 35.3 Å². The van der Waals surface area contributed by atoms with Crippen LogP contribution < -0.4 is 10.1 Å². The van der Waals surface area contributed by atoms with E-state index in [-0.39, 0.29) is 6.61 Å². The van der Waals surface area contributed by atoms with Crippen molar-refractivity contribution in [2.45, 2.75) is 32.4 Å². The van der Waals surface area contributed by atoms with Crippen molar-refractivity contribution in [3.8, 4) is 5.75 Å². The highest BCUT2D eigenvalue weighted by atomic mass is 35.5. The largest absolute Gasteiger partial charge is 0.491 e. The van der Waals surface area contributed by atoms with Gasteiger partial charge in [0.05, 0.1) is 0 Å². The van der Waals surface area contributed by atoms with Gasteiger partial charge in [-0.05, 0) is 39.0 Å². The van der Waals surface area contributed by atoms with E-state index in [9.17, 15) is 9.59 Å². The Morgan fingerprint density at radius 1 is 1.23 bits per heavy atom. The number of halogens is 2. The summed E-state index contributed by atoms with van der Waals surface area (Å²) in [6.45, 7) is 4.72. The molecule has 22 heavy (non-hydrogen) atoms. The molecular weight excluding hydrogens is 333 g/mol. The number of hydrogen-bond acceptors (Lipinski definition) is 4. The maximum absolute atomic E-state index is 11.6. The third-order valence-electron chi connectivity index (χ3n) is 2.24. The number of hydrogen-bond donors (Lipinski definition) is 2. The highest BCUT2D eigenvalue weighted by Crippen LogP contribution is 2.24. The zero-order valence-electron chi connectivity index (χ0n) is 12.4. The van der Waals surface area contributed by atoms with E-state index in [0.29, 0.717) is 15.8 Å². The maximum Gasteiger partial charge on any atom is 0.408 e. The number of nitrogens with one attached hydrogen (secondary N) is 1. The highest BCUT2D eigenvalue weighted by molar-refractivity contribution is 6.34. The molecule has 0 saturated carbocycles. The van der Waals surface area contributed by atoms with Gasteiger partial charge in [-0.3, -0.25) is 0 Å². The Bertz CT molecular complexity index is 536. The number of aliphatic carboxylic acids is 1. The highest BCUT2D eigenvalue weighted by Gasteiger charge is 2.24. The fourth-order valence-electron chi connectivity index (χ4n) is 1.42. The molecule has 0 heterocycles. The van der Waals surface area contributed by atoms with Crippen molar-refractivity contribution in [2.75, 3.05) is 6.61 Å². The van der Waals surface area contributed by atoms with E-state index >= 15 is 0 Å². The lowest BCUT2D eigenvalue weighted by Crippen LogP contribution is -2.46. The lowest BCUT2D eigenvalue weighted by atomic mass is 10.2. The molecule has 1 atom stereocenters. The fourth-order valence-corrected chi connectivity index (χ4v) is 1.92. The first-order valence-corrected chi connectivity index (χ1v) is 7.13. The van der Waals surface area contributed by atoms with Crippen molar-refractivity contribution < 1.29 is 24.2 Å². The summed E-state index contributed by atoms with van der Waals surface area (Å²) in [5, 5.41) is 12.0. The number of carbonyl (C=O) groups excluding carboxylic acids is 1. The van der Waals surface area contributed by atoms with E-state index in [4.69, 9.17) is 37.8 Å². The Kier molecular flexibility index (Phi) is 6.32. The zero-order valence-corrected chi connectivity index (χ0v) is 13.9. The van der Waals surface area contributed by atoms with Crippen molar-refractivity contribution in [2.24, 2.45) is 0 Å². The van der Waals surface area contributed by atoms with Gasteiger partial charge in [0.2, 0.25) is 0 Å². The number of carboxylic acid groups (broad SMARTS) is 1. The predicted octanol–water partition coefficient (Wildman–Crippen LogP) is 3.35. The second kappa shape index (κ2) is 7.56. The van der Waals surface area contributed by atoms with E-state index in [0.717, 1.165) is 0 Å². The molecule has 0 unspecified atom stereocenters. The van der Waals surface area contributed by atoms with Gasteiger partial charge in [-0.1, -0.05) is 23.2 Å². The molecule has 0 aliphatic rings. The summed E-state index contributed by atoms with van der Waals surface area (Å²) < 4.78 is 10.3. The standard InChI is InChI=1S/C14H17Cl2NO5/c1-14(2,3)22-13(20)17-11(12(18)19)7-21-10-5-8(15)4-9(16)6-10/h4-6,11H,7H2,1-3H3,(H,17,20)(H,18,19)/t11-/m1/s1. The SMILES string of the molecule is CC(C)(C)OC(=O)N[C@H](COc1cc(Cl)cc(Cl)c1)C(=O)O. The van der Waals surface area contributed by atoms with Gasteiger partial charge in [0, 0.05) is 10.0 Å². The van der Waals surface area contributed by atoms with E-state index in [1.54, 1.807) is 20.8 Å². The van der Waals surface area contributed by atoms with Crippen LogP contribution in [0.2, 0.25) is 10.0 Å². The summed E-state index contributed by atoms with van der Waals surface area (Å²) in [7, 11) is 0. The van der Waals surface area contributed by atoms with Crippen molar-refractivity contribution in [3.63, 3.8) is 0 Å².